The third kappa shape index (κ3) is 3.83. The molecule has 198 valence electrons. The van der Waals surface area contributed by atoms with Crippen LogP contribution in [0.15, 0.2) is 40.3 Å². The summed E-state index contributed by atoms with van der Waals surface area (Å²) in [7, 11) is 6.99. The molecule has 0 saturated heterocycles. The van der Waals surface area contributed by atoms with Crippen LogP contribution in [0, 0.1) is 5.92 Å². The van der Waals surface area contributed by atoms with Crippen molar-refractivity contribution in [2.75, 3.05) is 39.7 Å². The molecule has 4 rings (SSSR count). The molecule has 0 bridgehead atoms. The topological polar surface area (TPSA) is 128 Å². The first kappa shape index (κ1) is 26.5. The number of hydrogen-bond acceptors (Lipinski definition) is 9. The Kier molecular flexibility index (Phi) is 6.71. The molecule has 3 aliphatic rings. The van der Waals surface area contributed by atoms with Crippen LogP contribution in [0.1, 0.15) is 44.2 Å². The van der Waals surface area contributed by atoms with E-state index in [1.54, 1.807) is 20.2 Å². The number of carbonyl (C=O) groups is 3. The number of unbranched alkanes of at least 4 members (excludes halogenated alkanes) is 1. The molecule has 9 heteroatoms. The Labute approximate surface area is 216 Å². The fraction of sp³-hybridized carbons (Fsp3) is 0.464. The zero-order valence-electron chi connectivity index (χ0n) is 22.1. The maximum atomic E-state index is 14.2. The molecule has 9 nitrogen and oxygen atoms in total. The first-order chi connectivity index (χ1) is 17.4. The second kappa shape index (κ2) is 9.37. The first-order valence-electron chi connectivity index (χ1n) is 12.4. The number of Topliss-reactive ketones (excluding diaryl/α,β-unsaturated/α-hetero) is 3. The molecule has 1 aromatic rings. The Hall–Kier alpha value is -3.59. The zero-order valence-corrected chi connectivity index (χ0v) is 22.1. The number of aliphatic hydroxyl groups is 2. The molecular formula is C28H34N2O7. The van der Waals surface area contributed by atoms with E-state index in [2.05, 4.69) is 0 Å². The van der Waals surface area contributed by atoms with Gasteiger partial charge in [0.05, 0.1) is 17.9 Å². The second-order valence-corrected chi connectivity index (χ2v) is 10.3. The quantitative estimate of drug-likeness (QED) is 0.288. The number of phenols is 1. The molecule has 2 atom stereocenters. The van der Waals surface area contributed by atoms with Crippen molar-refractivity contribution < 1.29 is 34.4 Å². The first-order valence-corrected chi connectivity index (χ1v) is 12.4. The highest BCUT2D eigenvalue weighted by molar-refractivity contribution is 6.35. The van der Waals surface area contributed by atoms with Crippen LogP contribution in [0.25, 0.3) is 5.76 Å². The fourth-order valence-electron chi connectivity index (χ4n) is 5.70. The number of aliphatic hydroxyl groups excluding tert-OH is 1. The summed E-state index contributed by atoms with van der Waals surface area (Å²) < 4.78 is 6.14. The number of ketones is 3. The minimum Gasteiger partial charge on any atom is -0.507 e. The third-order valence-corrected chi connectivity index (χ3v) is 7.39. The molecule has 3 N–H and O–H groups in total. The minimum atomic E-state index is -2.66. The van der Waals surface area contributed by atoms with Crippen LogP contribution in [0.4, 0.5) is 5.69 Å². The lowest BCUT2D eigenvalue weighted by Crippen LogP contribution is -2.58. The number of likely N-dealkylation sites (N-methyl/N-ethyl adjacent to an activating group) is 1. The smallest absolute Gasteiger partial charge is 0.215 e. The highest BCUT2D eigenvalue weighted by Gasteiger charge is 2.60. The summed E-state index contributed by atoms with van der Waals surface area (Å²) >= 11 is 0. The Bertz CT molecular complexity index is 1300. The van der Waals surface area contributed by atoms with Crippen LogP contribution in [-0.4, -0.2) is 78.0 Å². The van der Waals surface area contributed by atoms with Gasteiger partial charge in [-0.3, -0.25) is 14.4 Å². The number of benzene rings is 1. The number of aromatic hydroxyl groups is 1. The molecule has 0 aliphatic heterocycles. The van der Waals surface area contributed by atoms with Crippen LogP contribution in [0.5, 0.6) is 5.75 Å². The molecule has 1 saturated carbocycles. The van der Waals surface area contributed by atoms with Gasteiger partial charge in [-0.1, -0.05) is 13.3 Å². The van der Waals surface area contributed by atoms with Gasteiger partial charge in [-0.25, -0.2) is 0 Å². The molecule has 0 spiro atoms. The number of rotatable bonds is 7. The maximum absolute atomic E-state index is 14.2. The lowest BCUT2D eigenvalue weighted by Gasteiger charge is -2.44. The van der Waals surface area contributed by atoms with Crippen molar-refractivity contribution >= 4 is 28.8 Å². The number of fused-ring (bicyclic) bond motifs is 3. The molecule has 0 radical (unpaired) electrons. The van der Waals surface area contributed by atoms with Crippen molar-refractivity contribution in [2.24, 2.45) is 5.92 Å². The van der Waals surface area contributed by atoms with E-state index in [0.29, 0.717) is 18.4 Å². The SMILES string of the molecule is CCCCOC1=C2C(=O)C3(O)C(=O)C(C(C)=O)=C(O)C(N(C)C)=C3CC2Cc2c(N(C)C)ccc(O)c21. The Morgan fingerprint density at radius 1 is 1.08 bits per heavy atom. The molecule has 2 unspecified atom stereocenters. The molecule has 1 aromatic carbocycles. The predicted octanol–water partition coefficient (Wildman–Crippen LogP) is 2.66. The maximum Gasteiger partial charge on any atom is 0.215 e. The largest absolute Gasteiger partial charge is 0.507 e. The average molecular weight is 511 g/mol. The summed E-state index contributed by atoms with van der Waals surface area (Å²) in [5.74, 6) is -3.71. The van der Waals surface area contributed by atoms with Gasteiger partial charge in [0.15, 0.2) is 11.5 Å². The van der Waals surface area contributed by atoms with E-state index in [9.17, 15) is 29.7 Å². The highest BCUT2D eigenvalue weighted by atomic mass is 16.5. The number of carbonyl (C=O) groups excluding carboxylic acids is 3. The molecule has 0 heterocycles. The molecule has 1 fully saturated rings. The van der Waals surface area contributed by atoms with Crippen molar-refractivity contribution in [3.05, 3.63) is 51.4 Å². The second-order valence-electron chi connectivity index (χ2n) is 10.3. The predicted molar refractivity (Wildman–Crippen MR) is 138 cm³/mol. The van der Waals surface area contributed by atoms with Crippen molar-refractivity contribution in [3.8, 4) is 5.75 Å². The van der Waals surface area contributed by atoms with E-state index in [0.717, 1.165) is 24.6 Å². The number of phenolic OH excluding ortho intramolecular Hbond substituents is 1. The fourth-order valence-corrected chi connectivity index (χ4v) is 5.70. The minimum absolute atomic E-state index is 0.0617. The van der Waals surface area contributed by atoms with Gasteiger partial charge in [-0.15, -0.1) is 0 Å². The normalized spacial score (nSPS) is 23.1. The number of nitrogens with zero attached hydrogens (tertiary/aromatic N) is 2. The monoisotopic (exact) mass is 510 g/mol. The lowest BCUT2D eigenvalue weighted by atomic mass is 9.61. The van der Waals surface area contributed by atoms with Gasteiger partial charge in [0.1, 0.15) is 17.1 Å². The van der Waals surface area contributed by atoms with Crippen LogP contribution in [0.3, 0.4) is 0 Å². The Balaban J connectivity index is 2.04. The van der Waals surface area contributed by atoms with Crippen molar-refractivity contribution in [1.29, 1.82) is 0 Å². The molecule has 3 aliphatic carbocycles. The van der Waals surface area contributed by atoms with Gasteiger partial charge in [-0.05, 0) is 49.8 Å². The van der Waals surface area contributed by atoms with Gasteiger partial charge >= 0.3 is 0 Å². The van der Waals surface area contributed by atoms with E-state index in [1.807, 2.05) is 25.9 Å². The number of hydrogen-bond donors (Lipinski definition) is 3. The van der Waals surface area contributed by atoms with E-state index in [-0.39, 0.29) is 41.4 Å². The van der Waals surface area contributed by atoms with Crippen molar-refractivity contribution in [1.82, 2.24) is 4.90 Å². The molecular weight excluding hydrogens is 476 g/mol. The molecule has 0 aromatic heterocycles. The van der Waals surface area contributed by atoms with Gasteiger partial charge < -0.3 is 29.9 Å². The zero-order chi connectivity index (χ0) is 27.4. The standard InChI is InChI=1S/C28H34N2O7/c1-7-8-11-37-25-21-15(12-16-18(29(3)4)9-10-19(32)22(16)25)13-17-23(30(5)6)24(33)20(14(2)31)26(34)28(17,36)27(21)35/h9-10,15,32-33,36H,7-8,11-13H2,1-6H3. The molecule has 0 amide bonds. The summed E-state index contributed by atoms with van der Waals surface area (Å²) in [6.45, 7) is 3.38. The van der Waals surface area contributed by atoms with E-state index in [1.165, 1.54) is 11.0 Å². The summed E-state index contributed by atoms with van der Waals surface area (Å²) in [6, 6.07) is 3.34. The van der Waals surface area contributed by atoms with Gasteiger partial charge in [0.25, 0.3) is 0 Å². The van der Waals surface area contributed by atoms with E-state index in [4.69, 9.17) is 4.74 Å². The summed E-state index contributed by atoms with van der Waals surface area (Å²) in [5.41, 5.74) is -0.985. The van der Waals surface area contributed by atoms with Crippen LogP contribution in [-0.2, 0) is 25.5 Å². The van der Waals surface area contributed by atoms with Crippen molar-refractivity contribution in [2.45, 2.75) is 45.1 Å². The Morgan fingerprint density at radius 2 is 1.76 bits per heavy atom. The van der Waals surface area contributed by atoms with Crippen LogP contribution in [0.2, 0.25) is 0 Å². The summed E-state index contributed by atoms with van der Waals surface area (Å²) in [5, 5.41) is 33.7. The highest BCUT2D eigenvalue weighted by Crippen LogP contribution is 2.53. The van der Waals surface area contributed by atoms with E-state index >= 15 is 0 Å². The average Bonchev–Trinajstić information content (AvgIpc) is 2.80. The molecule has 37 heavy (non-hydrogen) atoms. The van der Waals surface area contributed by atoms with Gasteiger partial charge in [-0.2, -0.15) is 0 Å². The number of anilines is 1. The lowest BCUT2D eigenvalue weighted by molar-refractivity contribution is -0.145. The Morgan fingerprint density at radius 3 is 2.32 bits per heavy atom. The van der Waals surface area contributed by atoms with E-state index < -0.39 is 40.2 Å². The van der Waals surface area contributed by atoms with Crippen LogP contribution < -0.4 is 4.90 Å². The van der Waals surface area contributed by atoms with Gasteiger partial charge in [0, 0.05) is 45.0 Å². The van der Waals surface area contributed by atoms with Crippen LogP contribution >= 0.6 is 0 Å². The van der Waals surface area contributed by atoms with Crippen molar-refractivity contribution in [3.63, 3.8) is 0 Å². The summed E-state index contributed by atoms with van der Waals surface area (Å²) in [6.07, 6.45) is 1.96. The number of ether oxygens (including phenoxy) is 1. The van der Waals surface area contributed by atoms with Gasteiger partial charge in [0.2, 0.25) is 17.2 Å². The third-order valence-electron chi connectivity index (χ3n) is 7.39. The summed E-state index contributed by atoms with van der Waals surface area (Å²) in [4.78, 5) is 43.5.